The van der Waals surface area contributed by atoms with Crippen molar-refractivity contribution in [3.8, 4) is 5.75 Å². The summed E-state index contributed by atoms with van der Waals surface area (Å²) in [6.07, 6.45) is 0. The van der Waals surface area contributed by atoms with E-state index in [2.05, 4.69) is 37.8 Å². The zero-order valence-corrected chi connectivity index (χ0v) is 14.4. The van der Waals surface area contributed by atoms with Crippen LogP contribution in [-0.2, 0) is 6.54 Å². The lowest BCUT2D eigenvalue weighted by Crippen LogP contribution is -2.49. The summed E-state index contributed by atoms with van der Waals surface area (Å²) < 4.78 is 18.2. The van der Waals surface area contributed by atoms with Gasteiger partial charge >= 0.3 is 0 Å². The van der Waals surface area contributed by atoms with Gasteiger partial charge in [0, 0.05) is 26.2 Å². The van der Waals surface area contributed by atoms with Crippen LogP contribution in [0.15, 0.2) is 27.7 Å². The maximum Gasteiger partial charge on any atom is 0.191 e. The monoisotopic (exact) mass is 372 g/mol. The molecule has 2 rings (SSSR count). The van der Waals surface area contributed by atoms with E-state index in [1.54, 1.807) is 0 Å². The smallest absolute Gasteiger partial charge is 0.191 e. The standard InChI is InChI=1S/C15H22BrFN4O/c1-20-5-7-21(8-6-20)15(18)19-11-12-2-3-14(13(16)10-12)22-9-4-17/h2-3,10H,4-9,11H2,1H3,(H2,18,19). The lowest BCUT2D eigenvalue weighted by atomic mass is 10.2. The van der Waals surface area contributed by atoms with Crippen molar-refractivity contribution >= 4 is 21.9 Å². The number of aliphatic imine (C=N–C) groups is 1. The van der Waals surface area contributed by atoms with Gasteiger partial charge < -0.3 is 20.3 Å². The van der Waals surface area contributed by atoms with Crippen molar-refractivity contribution in [1.29, 1.82) is 0 Å². The van der Waals surface area contributed by atoms with Gasteiger partial charge in [-0.2, -0.15) is 0 Å². The summed E-state index contributed by atoms with van der Waals surface area (Å²) in [7, 11) is 2.11. The van der Waals surface area contributed by atoms with Crippen LogP contribution in [0.4, 0.5) is 4.39 Å². The van der Waals surface area contributed by atoms with Crippen LogP contribution in [0.5, 0.6) is 5.75 Å². The van der Waals surface area contributed by atoms with Gasteiger partial charge in [-0.1, -0.05) is 6.07 Å². The second-order valence-corrected chi connectivity index (χ2v) is 6.12. The van der Waals surface area contributed by atoms with Gasteiger partial charge in [0.25, 0.3) is 0 Å². The molecule has 1 aromatic carbocycles. The first-order chi connectivity index (χ1) is 10.6. The normalized spacial score (nSPS) is 16.9. The van der Waals surface area contributed by atoms with Crippen LogP contribution in [0.25, 0.3) is 0 Å². The fraction of sp³-hybridized carbons (Fsp3) is 0.533. The minimum Gasteiger partial charge on any atom is -0.490 e. The molecule has 1 aliphatic rings. The summed E-state index contributed by atoms with van der Waals surface area (Å²) in [5.74, 6) is 1.22. The Balaban J connectivity index is 1.92. The molecular weight excluding hydrogens is 351 g/mol. The van der Waals surface area contributed by atoms with Gasteiger partial charge in [0.2, 0.25) is 0 Å². The number of hydrogen-bond donors (Lipinski definition) is 1. The van der Waals surface area contributed by atoms with Crippen LogP contribution in [0.1, 0.15) is 5.56 Å². The first-order valence-corrected chi connectivity index (χ1v) is 8.10. The van der Waals surface area contributed by atoms with Crippen LogP contribution in [-0.4, -0.2) is 62.3 Å². The molecule has 0 atom stereocenters. The number of nitrogens with two attached hydrogens (primary N) is 1. The van der Waals surface area contributed by atoms with Gasteiger partial charge in [-0.25, -0.2) is 9.38 Å². The first-order valence-electron chi connectivity index (χ1n) is 7.30. The van der Waals surface area contributed by atoms with Crippen molar-refractivity contribution in [2.24, 2.45) is 10.7 Å². The van der Waals surface area contributed by atoms with Crippen molar-refractivity contribution in [2.45, 2.75) is 6.54 Å². The second-order valence-electron chi connectivity index (χ2n) is 5.27. The molecule has 1 aromatic rings. The van der Waals surface area contributed by atoms with Crippen molar-refractivity contribution in [1.82, 2.24) is 9.80 Å². The average Bonchev–Trinajstić information content (AvgIpc) is 2.52. The maximum atomic E-state index is 12.1. The molecule has 0 bridgehead atoms. The number of alkyl halides is 1. The number of likely N-dealkylation sites (N-methyl/N-ethyl adjacent to an activating group) is 1. The van der Waals surface area contributed by atoms with Gasteiger partial charge in [0.1, 0.15) is 19.0 Å². The highest BCUT2D eigenvalue weighted by atomic mass is 79.9. The Kier molecular flexibility index (Phi) is 6.45. The zero-order chi connectivity index (χ0) is 15.9. The number of guanidine groups is 1. The number of nitrogens with zero attached hydrogens (tertiary/aromatic N) is 3. The van der Waals surface area contributed by atoms with Crippen LogP contribution >= 0.6 is 15.9 Å². The average molecular weight is 373 g/mol. The van der Waals surface area contributed by atoms with E-state index in [0.717, 1.165) is 36.2 Å². The van der Waals surface area contributed by atoms with E-state index < -0.39 is 6.67 Å². The van der Waals surface area contributed by atoms with Crippen molar-refractivity contribution in [2.75, 3.05) is 46.5 Å². The molecule has 0 spiro atoms. The molecule has 122 valence electrons. The lowest BCUT2D eigenvalue weighted by Gasteiger charge is -2.33. The molecule has 22 heavy (non-hydrogen) atoms. The molecule has 0 aromatic heterocycles. The summed E-state index contributed by atoms with van der Waals surface area (Å²) in [6.45, 7) is 3.90. The molecule has 5 nitrogen and oxygen atoms in total. The second kappa shape index (κ2) is 8.33. The molecule has 0 aliphatic carbocycles. The third-order valence-electron chi connectivity index (χ3n) is 3.58. The number of halogens is 2. The van der Waals surface area contributed by atoms with E-state index >= 15 is 0 Å². The van der Waals surface area contributed by atoms with E-state index in [0.29, 0.717) is 18.3 Å². The number of piperazine rings is 1. The lowest BCUT2D eigenvalue weighted by molar-refractivity contribution is 0.213. The molecule has 1 heterocycles. The van der Waals surface area contributed by atoms with E-state index in [1.807, 2.05) is 18.2 Å². The molecule has 1 fully saturated rings. The number of benzene rings is 1. The molecule has 0 amide bonds. The molecule has 1 aliphatic heterocycles. The van der Waals surface area contributed by atoms with Gasteiger partial charge in [-0.05, 0) is 40.7 Å². The Labute approximate surface area is 139 Å². The van der Waals surface area contributed by atoms with Gasteiger partial charge in [0.05, 0.1) is 11.0 Å². The van der Waals surface area contributed by atoms with E-state index in [4.69, 9.17) is 10.5 Å². The van der Waals surface area contributed by atoms with Gasteiger partial charge in [-0.15, -0.1) is 0 Å². The SMILES string of the molecule is CN1CCN(C(N)=NCc2ccc(OCCF)c(Br)c2)CC1. The Bertz CT molecular complexity index is 518. The van der Waals surface area contributed by atoms with Gasteiger partial charge in [0.15, 0.2) is 5.96 Å². The van der Waals surface area contributed by atoms with Gasteiger partial charge in [-0.3, -0.25) is 0 Å². The summed E-state index contributed by atoms with van der Waals surface area (Å²) in [5.41, 5.74) is 7.08. The highest BCUT2D eigenvalue weighted by molar-refractivity contribution is 9.10. The molecule has 0 radical (unpaired) electrons. The number of hydrogen-bond acceptors (Lipinski definition) is 3. The number of ether oxygens (including phenoxy) is 1. The van der Waals surface area contributed by atoms with Crippen LogP contribution < -0.4 is 10.5 Å². The quantitative estimate of drug-likeness (QED) is 0.633. The maximum absolute atomic E-state index is 12.1. The molecule has 1 saturated heterocycles. The third kappa shape index (κ3) is 4.84. The minimum absolute atomic E-state index is 0.0620. The van der Waals surface area contributed by atoms with Crippen LogP contribution in [0.2, 0.25) is 0 Å². The molecule has 7 heteroatoms. The third-order valence-corrected chi connectivity index (χ3v) is 4.20. The van der Waals surface area contributed by atoms with E-state index in [1.165, 1.54) is 0 Å². The van der Waals surface area contributed by atoms with Crippen LogP contribution in [0, 0.1) is 0 Å². The fourth-order valence-corrected chi connectivity index (χ4v) is 2.76. The fourth-order valence-electron chi connectivity index (χ4n) is 2.22. The Morgan fingerprint density at radius 3 is 2.73 bits per heavy atom. The molecular formula is C15H22BrFN4O. The van der Waals surface area contributed by atoms with Crippen molar-refractivity contribution in [3.05, 3.63) is 28.2 Å². The molecule has 2 N–H and O–H groups in total. The Hall–Kier alpha value is -1.34. The Morgan fingerprint density at radius 1 is 1.36 bits per heavy atom. The predicted octanol–water partition coefficient (Wildman–Crippen LogP) is 1.86. The summed E-state index contributed by atoms with van der Waals surface area (Å²) in [5, 5.41) is 0. The Morgan fingerprint density at radius 2 is 2.09 bits per heavy atom. The first kappa shape index (κ1) is 17.0. The van der Waals surface area contributed by atoms with E-state index in [-0.39, 0.29) is 6.61 Å². The van der Waals surface area contributed by atoms with Crippen LogP contribution in [0.3, 0.4) is 0 Å². The highest BCUT2D eigenvalue weighted by Crippen LogP contribution is 2.26. The highest BCUT2D eigenvalue weighted by Gasteiger charge is 2.15. The van der Waals surface area contributed by atoms with E-state index in [9.17, 15) is 4.39 Å². The topological polar surface area (TPSA) is 54.1 Å². The zero-order valence-electron chi connectivity index (χ0n) is 12.8. The largest absolute Gasteiger partial charge is 0.490 e. The minimum atomic E-state index is -0.500. The number of rotatable bonds is 5. The molecule has 0 saturated carbocycles. The summed E-state index contributed by atoms with van der Waals surface area (Å²) in [4.78, 5) is 8.84. The molecule has 0 unspecified atom stereocenters. The predicted molar refractivity (Wildman–Crippen MR) is 90.0 cm³/mol. The van der Waals surface area contributed by atoms with Crippen molar-refractivity contribution < 1.29 is 9.13 Å². The van der Waals surface area contributed by atoms with Crippen molar-refractivity contribution in [3.63, 3.8) is 0 Å². The summed E-state index contributed by atoms with van der Waals surface area (Å²) in [6, 6.07) is 5.66. The summed E-state index contributed by atoms with van der Waals surface area (Å²) >= 11 is 3.42.